The Morgan fingerprint density at radius 1 is 0.800 bits per heavy atom. The lowest BCUT2D eigenvalue weighted by atomic mass is 10.0. The van der Waals surface area contributed by atoms with E-state index < -0.39 is 0 Å². The van der Waals surface area contributed by atoms with Gasteiger partial charge in [0, 0.05) is 30.3 Å². The molecule has 0 atom stereocenters. The fourth-order valence-corrected chi connectivity index (χ4v) is 1.96. The Hall–Kier alpha value is -2.85. The summed E-state index contributed by atoms with van der Waals surface area (Å²) in [6, 6.07) is 8.18. The molecule has 1 aliphatic carbocycles. The second kappa shape index (κ2) is 5.86. The van der Waals surface area contributed by atoms with Gasteiger partial charge in [0.15, 0.2) is 0 Å². The first-order valence-electron chi connectivity index (χ1n) is 6.49. The van der Waals surface area contributed by atoms with E-state index in [9.17, 15) is 0 Å². The van der Waals surface area contributed by atoms with Crippen molar-refractivity contribution in [3.63, 3.8) is 0 Å². The molecule has 0 bridgehead atoms. The molecule has 0 saturated carbocycles. The average Bonchev–Trinajstić information content (AvgIpc) is 2.50. The van der Waals surface area contributed by atoms with Crippen LogP contribution in [0.4, 0.5) is 0 Å². The zero-order valence-electron chi connectivity index (χ0n) is 11.0. The molecule has 94 valence electrons. The molecule has 0 fully saturated rings. The lowest BCUT2D eigenvalue weighted by Gasteiger charge is -2.07. The minimum absolute atomic E-state index is 1.02. The van der Waals surface area contributed by atoms with Crippen LogP contribution in [0.2, 0.25) is 0 Å². The molecule has 3 rings (SSSR count). The summed E-state index contributed by atoms with van der Waals surface area (Å²) in [6.45, 7) is 0. The van der Waals surface area contributed by atoms with Crippen LogP contribution in [0.15, 0.2) is 84.3 Å². The Morgan fingerprint density at radius 2 is 1.40 bits per heavy atom. The molecule has 0 aromatic heterocycles. The van der Waals surface area contributed by atoms with Crippen molar-refractivity contribution in [2.24, 2.45) is 0 Å². The molecule has 1 aromatic carbocycles. The molecule has 0 spiro atoms. The van der Waals surface area contributed by atoms with Gasteiger partial charge in [0.2, 0.25) is 0 Å². The summed E-state index contributed by atoms with van der Waals surface area (Å²) in [6.07, 6.45) is 24.3. The highest BCUT2D eigenvalue weighted by molar-refractivity contribution is 5.45. The highest BCUT2D eigenvalue weighted by Crippen LogP contribution is 2.15. The Kier molecular flexibility index (Phi) is 3.57. The fourth-order valence-electron chi connectivity index (χ4n) is 1.96. The van der Waals surface area contributed by atoms with E-state index in [4.69, 9.17) is 0 Å². The number of nitrogens with zero attached hydrogens (tertiary/aromatic N) is 1. The normalized spacial score (nSPS) is 15.4. The number of allylic oxidation sites excluding steroid dienone is 8. The largest absolute Gasteiger partial charge is 0.657 e. The molecule has 0 unspecified atom stereocenters. The molecule has 1 heterocycles. The summed E-state index contributed by atoms with van der Waals surface area (Å²) in [5, 5.41) is 4.01. The predicted molar refractivity (Wildman–Crippen MR) is 82.4 cm³/mol. The maximum Gasteiger partial charge on any atom is 0.125 e. The Labute approximate surface area is 120 Å². The number of benzene rings is 1. The Morgan fingerprint density at radius 3 is 2.05 bits per heavy atom. The third-order valence-corrected chi connectivity index (χ3v) is 2.89. The van der Waals surface area contributed by atoms with Gasteiger partial charge in [0.25, 0.3) is 0 Å². The summed E-state index contributed by atoms with van der Waals surface area (Å²) >= 11 is 0. The molecule has 1 aliphatic heterocycles. The van der Waals surface area contributed by atoms with Crippen molar-refractivity contribution in [2.45, 2.75) is 0 Å². The molecule has 0 amide bonds. The van der Waals surface area contributed by atoms with Crippen LogP contribution < -0.4 is 0 Å². The molecule has 0 radical (unpaired) electrons. The van der Waals surface area contributed by atoms with E-state index in [-0.39, 0.29) is 0 Å². The predicted octanol–water partition coefficient (Wildman–Crippen LogP) is 4.59. The van der Waals surface area contributed by atoms with Gasteiger partial charge in [-0.15, -0.1) is 24.6 Å². The first kappa shape index (κ1) is 12.2. The third-order valence-electron chi connectivity index (χ3n) is 2.89. The van der Waals surface area contributed by atoms with Gasteiger partial charge in [-0.05, 0) is 23.8 Å². The third kappa shape index (κ3) is 3.13. The van der Waals surface area contributed by atoms with Gasteiger partial charge >= 0.3 is 0 Å². The molecule has 1 heteroatoms. The first-order chi connectivity index (χ1) is 9.90. The van der Waals surface area contributed by atoms with Crippen LogP contribution in [0.1, 0.15) is 11.1 Å². The minimum atomic E-state index is 1.02. The Bertz CT molecular complexity index is 584. The van der Waals surface area contributed by atoms with Gasteiger partial charge in [-0.1, -0.05) is 0 Å². The van der Waals surface area contributed by atoms with Gasteiger partial charge in [0.1, 0.15) is 16.7 Å². The molecule has 2 aliphatic rings. The monoisotopic (exact) mass is 255 g/mol. The number of hydrogen-bond acceptors (Lipinski definition) is 0. The van der Waals surface area contributed by atoms with E-state index in [0.29, 0.717) is 0 Å². The van der Waals surface area contributed by atoms with Crippen molar-refractivity contribution in [3.8, 4) is 0 Å². The minimum Gasteiger partial charge on any atom is -0.657 e. The van der Waals surface area contributed by atoms with Crippen molar-refractivity contribution in [1.29, 1.82) is 0 Å². The van der Waals surface area contributed by atoms with Crippen molar-refractivity contribution in [1.82, 2.24) is 0 Å². The average molecular weight is 255 g/mol. The summed E-state index contributed by atoms with van der Waals surface area (Å²) in [4.78, 5) is 0. The van der Waals surface area contributed by atoms with E-state index >= 15 is 0 Å². The topological polar surface area (TPSA) is 14.1 Å². The maximum absolute atomic E-state index is 4.01. The molecule has 0 N–H and O–H groups in total. The smallest absolute Gasteiger partial charge is 0.125 e. The standard InChI is InChI=1S/C19H13N/c1-2-5-16(6-3-1)13-18-7-4-8-19(15-18)14-17-9-11-20-12-10-17/h1-12,15H. The van der Waals surface area contributed by atoms with Crippen LogP contribution in [-0.4, -0.2) is 0 Å². The van der Waals surface area contributed by atoms with Crippen molar-refractivity contribution >= 4 is 0 Å². The van der Waals surface area contributed by atoms with E-state index in [1.165, 1.54) is 0 Å². The van der Waals surface area contributed by atoms with Crippen LogP contribution in [0.3, 0.4) is 0 Å². The van der Waals surface area contributed by atoms with Gasteiger partial charge in [-0.2, -0.15) is 18.6 Å². The van der Waals surface area contributed by atoms with E-state index in [2.05, 4.69) is 23.5 Å². The molecule has 1 aromatic rings. The van der Waals surface area contributed by atoms with Crippen molar-refractivity contribution in [2.75, 3.05) is 0 Å². The fraction of sp³-hybridized carbons (Fsp3) is 0. The highest BCUT2D eigenvalue weighted by Gasteiger charge is 2.03. The highest BCUT2D eigenvalue weighted by atomic mass is 14.8. The zero-order valence-corrected chi connectivity index (χ0v) is 11.0. The lowest BCUT2D eigenvalue weighted by Crippen LogP contribution is -1.85. The molecule has 1 nitrogen and oxygen atoms in total. The summed E-state index contributed by atoms with van der Waals surface area (Å²) in [5.74, 6) is 0. The van der Waals surface area contributed by atoms with Gasteiger partial charge in [0.05, 0.1) is 0 Å². The maximum atomic E-state index is 4.01. The van der Waals surface area contributed by atoms with Gasteiger partial charge in [-0.3, -0.25) is 0 Å². The number of rotatable bonds is 2. The van der Waals surface area contributed by atoms with E-state index in [0.717, 1.165) is 22.3 Å². The Balaban J connectivity index is 1.86. The van der Waals surface area contributed by atoms with Gasteiger partial charge in [-0.25, -0.2) is 0 Å². The summed E-state index contributed by atoms with van der Waals surface area (Å²) in [5.41, 5.74) is 4.19. The van der Waals surface area contributed by atoms with Crippen LogP contribution in [0.5, 0.6) is 0 Å². The molecular weight excluding hydrogens is 242 g/mol. The molecular formula is C19H13N. The second-order valence-electron chi connectivity index (χ2n) is 4.43. The summed E-state index contributed by atoms with van der Waals surface area (Å²) in [7, 11) is 0. The van der Waals surface area contributed by atoms with Gasteiger partial charge < -0.3 is 5.32 Å². The van der Waals surface area contributed by atoms with Crippen LogP contribution >= 0.6 is 0 Å². The molecule has 20 heavy (non-hydrogen) atoms. The van der Waals surface area contributed by atoms with Crippen molar-refractivity contribution < 1.29 is 0 Å². The van der Waals surface area contributed by atoms with E-state index in [1.807, 2.05) is 61.1 Å². The van der Waals surface area contributed by atoms with Crippen LogP contribution in [0.25, 0.3) is 5.32 Å². The van der Waals surface area contributed by atoms with E-state index in [1.54, 1.807) is 12.4 Å². The second-order valence-corrected chi connectivity index (χ2v) is 4.43. The SMILES string of the molecule is [C+](=C1C=C[CH-]C=C1)c1cccc([C+]=C2C=C[N-]C=C2)c1. The lowest BCUT2D eigenvalue weighted by molar-refractivity contribution is 1.43. The van der Waals surface area contributed by atoms with Crippen LogP contribution in [-0.2, 0) is 0 Å². The number of hydrogen-bond donors (Lipinski definition) is 0. The zero-order chi connectivity index (χ0) is 13.6. The molecule has 0 saturated heterocycles. The van der Waals surface area contributed by atoms with Crippen molar-refractivity contribution in [3.05, 3.63) is 119 Å². The van der Waals surface area contributed by atoms with Crippen LogP contribution in [0, 0.1) is 18.6 Å². The summed E-state index contributed by atoms with van der Waals surface area (Å²) < 4.78 is 0. The first-order valence-corrected chi connectivity index (χ1v) is 6.49. The quantitative estimate of drug-likeness (QED) is 0.686.